The molecule has 1 aromatic rings. The second-order valence-corrected chi connectivity index (χ2v) is 5.16. The summed E-state index contributed by atoms with van der Waals surface area (Å²) in [5.74, 6) is 0.996. The molecular weight excluding hydrogens is 236 g/mol. The molecule has 0 amide bonds. The molecule has 1 aromatic carbocycles. The van der Waals surface area contributed by atoms with Gasteiger partial charge in [-0.3, -0.25) is 0 Å². The summed E-state index contributed by atoms with van der Waals surface area (Å²) in [6, 6.07) is 7.06. The van der Waals surface area contributed by atoms with E-state index in [1.165, 1.54) is 11.1 Å². The van der Waals surface area contributed by atoms with Crippen LogP contribution in [0.4, 0.5) is 0 Å². The molecule has 19 heavy (non-hydrogen) atoms. The van der Waals surface area contributed by atoms with Crippen molar-refractivity contribution in [2.45, 2.75) is 39.2 Å². The van der Waals surface area contributed by atoms with Crippen LogP contribution < -0.4 is 10.5 Å². The summed E-state index contributed by atoms with van der Waals surface area (Å²) in [5.41, 5.74) is 8.27. The Hall–Kier alpha value is -1.06. The quantitative estimate of drug-likeness (QED) is 0.784. The zero-order chi connectivity index (χ0) is 14.3. The minimum Gasteiger partial charge on any atom is -0.496 e. The van der Waals surface area contributed by atoms with Gasteiger partial charge in [0.15, 0.2) is 0 Å². The number of hydrogen-bond acceptors (Lipinski definition) is 3. The maximum absolute atomic E-state index is 5.60. The lowest BCUT2D eigenvalue weighted by molar-refractivity contribution is 0.251. The standard InChI is InChI=1S/C16H28N2O/c1-5-15-12-14(6-7-16(15)19-4)9-11-18(3)13(2)8-10-17/h6-7,12-13H,5,8-11,17H2,1-4H3. The van der Waals surface area contributed by atoms with Crippen LogP contribution in [0.5, 0.6) is 5.75 Å². The van der Waals surface area contributed by atoms with E-state index < -0.39 is 0 Å². The normalized spacial score (nSPS) is 12.7. The van der Waals surface area contributed by atoms with E-state index in [-0.39, 0.29) is 0 Å². The zero-order valence-electron chi connectivity index (χ0n) is 12.8. The molecule has 0 saturated carbocycles. The topological polar surface area (TPSA) is 38.5 Å². The predicted molar refractivity (Wildman–Crippen MR) is 81.8 cm³/mol. The molecule has 2 N–H and O–H groups in total. The molecule has 3 nitrogen and oxygen atoms in total. The number of rotatable bonds is 8. The molecule has 0 fully saturated rings. The van der Waals surface area contributed by atoms with Crippen molar-refractivity contribution in [3.63, 3.8) is 0 Å². The lowest BCUT2D eigenvalue weighted by Crippen LogP contribution is -2.32. The van der Waals surface area contributed by atoms with Crippen molar-refractivity contribution in [1.82, 2.24) is 4.90 Å². The Balaban J connectivity index is 2.58. The van der Waals surface area contributed by atoms with Crippen molar-refractivity contribution in [2.75, 3.05) is 27.2 Å². The van der Waals surface area contributed by atoms with Crippen molar-refractivity contribution < 1.29 is 4.74 Å². The van der Waals surface area contributed by atoms with Gasteiger partial charge in [0.1, 0.15) is 5.75 Å². The van der Waals surface area contributed by atoms with Crippen molar-refractivity contribution in [2.24, 2.45) is 5.73 Å². The van der Waals surface area contributed by atoms with E-state index in [4.69, 9.17) is 10.5 Å². The maximum atomic E-state index is 5.60. The van der Waals surface area contributed by atoms with Crippen LogP contribution in [0, 0.1) is 0 Å². The highest BCUT2D eigenvalue weighted by molar-refractivity contribution is 5.37. The van der Waals surface area contributed by atoms with Gasteiger partial charge < -0.3 is 15.4 Å². The molecule has 0 aromatic heterocycles. The van der Waals surface area contributed by atoms with Crippen LogP contribution >= 0.6 is 0 Å². The third-order valence-electron chi connectivity index (χ3n) is 3.82. The van der Waals surface area contributed by atoms with Crippen LogP contribution in [-0.2, 0) is 12.8 Å². The van der Waals surface area contributed by atoms with Gasteiger partial charge in [0, 0.05) is 12.6 Å². The molecule has 0 spiro atoms. The van der Waals surface area contributed by atoms with Crippen molar-refractivity contribution in [1.29, 1.82) is 0 Å². The molecule has 0 heterocycles. The van der Waals surface area contributed by atoms with Gasteiger partial charge in [0.05, 0.1) is 7.11 Å². The highest BCUT2D eigenvalue weighted by atomic mass is 16.5. The first-order valence-electron chi connectivity index (χ1n) is 7.18. The zero-order valence-corrected chi connectivity index (χ0v) is 12.8. The van der Waals surface area contributed by atoms with Crippen LogP contribution in [0.25, 0.3) is 0 Å². The van der Waals surface area contributed by atoms with Gasteiger partial charge >= 0.3 is 0 Å². The summed E-state index contributed by atoms with van der Waals surface area (Å²) >= 11 is 0. The summed E-state index contributed by atoms with van der Waals surface area (Å²) in [5, 5.41) is 0. The summed E-state index contributed by atoms with van der Waals surface area (Å²) in [6.07, 6.45) is 3.14. The van der Waals surface area contributed by atoms with Gasteiger partial charge in [-0.25, -0.2) is 0 Å². The number of nitrogens with two attached hydrogens (primary N) is 1. The first-order chi connectivity index (χ1) is 9.12. The number of benzene rings is 1. The molecule has 0 aliphatic rings. The van der Waals surface area contributed by atoms with E-state index in [9.17, 15) is 0 Å². The second kappa shape index (κ2) is 8.18. The molecule has 0 radical (unpaired) electrons. The first kappa shape index (κ1) is 16.0. The molecule has 0 bridgehead atoms. The van der Waals surface area contributed by atoms with Crippen LogP contribution in [0.2, 0.25) is 0 Å². The monoisotopic (exact) mass is 264 g/mol. The van der Waals surface area contributed by atoms with Gasteiger partial charge in [0.25, 0.3) is 0 Å². The number of likely N-dealkylation sites (N-methyl/N-ethyl adjacent to an activating group) is 1. The highest BCUT2D eigenvalue weighted by Gasteiger charge is 2.09. The highest BCUT2D eigenvalue weighted by Crippen LogP contribution is 2.20. The molecule has 0 saturated heterocycles. The Labute approximate surface area is 117 Å². The Bertz CT molecular complexity index is 379. The minimum atomic E-state index is 0.550. The number of methoxy groups -OCH3 is 1. The molecule has 1 rings (SSSR count). The number of aryl methyl sites for hydroxylation is 1. The lowest BCUT2D eigenvalue weighted by Gasteiger charge is -2.24. The molecule has 3 heteroatoms. The molecule has 1 unspecified atom stereocenters. The van der Waals surface area contributed by atoms with Crippen molar-refractivity contribution in [3.8, 4) is 5.75 Å². The van der Waals surface area contributed by atoms with E-state index in [0.717, 1.165) is 38.1 Å². The number of nitrogens with zero attached hydrogens (tertiary/aromatic N) is 1. The van der Waals surface area contributed by atoms with E-state index in [1.807, 2.05) is 0 Å². The lowest BCUT2D eigenvalue weighted by atomic mass is 10.0. The maximum Gasteiger partial charge on any atom is 0.122 e. The first-order valence-corrected chi connectivity index (χ1v) is 7.18. The Morgan fingerprint density at radius 3 is 2.68 bits per heavy atom. The fourth-order valence-electron chi connectivity index (χ4n) is 2.25. The average Bonchev–Trinajstić information content (AvgIpc) is 2.44. The Morgan fingerprint density at radius 1 is 1.37 bits per heavy atom. The molecule has 0 aliphatic carbocycles. The largest absolute Gasteiger partial charge is 0.496 e. The third-order valence-corrected chi connectivity index (χ3v) is 3.82. The smallest absolute Gasteiger partial charge is 0.122 e. The van der Waals surface area contributed by atoms with Gasteiger partial charge in [-0.05, 0) is 57.0 Å². The number of hydrogen-bond donors (Lipinski definition) is 1. The van der Waals surface area contributed by atoms with Gasteiger partial charge in [-0.2, -0.15) is 0 Å². The van der Waals surface area contributed by atoms with E-state index in [1.54, 1.807) is 7.11 Å². The van der Waals surface area contributed by atoms with Crippen LogP contribution in [0.3, 0.4) is 0 Å². The third kappa shape index (κ3) is 4.84. The Kier molecular flexibility index (Phi) is 6.89. The molecule has 108 valence electrons. The van der Waals surface area contributed by atoms with Gasteiger partial charge in [-0.15, -0.1) is 0 Å². The van der Waals surface area contributed by atoms with Crippen molar-refractivity contribution in [3.05, 3.63) is 29.3 Å². The second-order valence-electron chi connectivity index (χ2n) is 5.16. The SMILES string of the molecule is CCc1cc(CCN(C)C(C)CCN)ccc1OC. The van der Waals surface area contributed by atoms with Gasteiger partial charge in [0.2, 0.25) is 0 Å². The van der Waals surface area contributed by atoms with Gasteiger partial charge in [-0.1, -0.05) is 19.1 Å². The minimum absolute atomic E-state index is 0.550. The summed E-state index contributed by atoms with van der Waals surface area (Å²) in [4.78, 5) is 2.38. The van der Waals surface area contributed by atoms with Crippen LogP contribution in [0.1, 0.15) is 31.4 Å². The number of ether oxygens (including phenoxy) is 1. The average molecular weight is 264 g/mol. The van der Waals surface area contributed by atoms with Crippen LogP contribution in [0.15, 0.2) is 18.2 Å². The van der Waals surface area contributed by atoms with Crippen molar-refractivity contribution >= 4 is 0 Å². The molecular formula is C16H28N2O. The fourth-order valence-corrected chi connectivity index (χ4v) is 2.25. The van der Waals surface area contributed by atoms with E-state index >= 15 is 0 Å². The Morgan fingerprint density at radius 2 is 2.11 bits per heavy atom. The molecule has 0 aliphatic heterocycles. The predicted octanol–water partition coefficient (Wildman–Crippen LogP) is 2.47. The van der Waals surface area contributed by atoms with Crippen LogP contribution in [-0.4, -0.2) is 38.2 Å². The van der Waals surface area contributed by atoms with E-state index in [0.29, 0.717) is 6.04 Å². The summed E-state index contributed by atoms with van der Waals surface area (Å²) in [6.45, 7) is 6.22. The van der Waals surface area contributed by atoms with E-state index in [2.05, 4.69) is 44.0 Å². The summed E-state index contributed by atoms with van der Waals surface area (Å²) < 4.78 is 5.36. The fraction of sp³-hybridized carbons (Fsp3) is 0.625. The summed E-state index contributed by atoms with van der Waals surface area (Å²) in [7, 11) is 3.90. The molecule has 1 atom stereocenters.